The lowest BCUT2D eigenvalue weighted by Gasteiger charge is -2.10. The molecule has 0 bridgehead atoms. The quantitative estimate of drug-likeness (QED) is 0.440. The van der Waals surface area contributed by atoms with Gasteiger partial charge in [-0.05, 0) is 30.7 Å². The third-order valence-electron chi connectivity index (χ3n) is 4.69. The molecule has 2 aromatic carbocycles. The fourth-order valence-corrected chi connectivity index (χ4v) is 3.09. The molecule has 0 fully saturated rings. The van der Waals surface area contributed by atoms with E-state index in [1.165, 1.54) is 0 Å². The van der Waals surface area contributed by atoms with Crippen LogP contribution in [0, 0.1) is 6.92 Å². The van der Waals surface area contributed by atoms with Gasteiger partial charge in [0.1, 0.15) is 0 Å². The molecule has 0 aliphatic rings. The lowest BCUT2D eigenvalue weighted by molar-refractivity contribution is -0.145. The van der Waals surface area contributed by atoms with Crippen molar-refractivity contribution in [2.45, 2.75) is 26.4 Å². The predicted octanol–water partition coefficient (Wildman–Crippen LogP) is 3.73. The van der Waals surface area contributed by atoms with Crippen LogP contribution in [0.2, 0.25) is 0 Å². The second-order valence-corrected chi connectivity index (χ2v) is 7.03. The highest BCUT2D eigenvalue weighted by Crippen LogP contribution is 2.18. The van der Waals surface area contributed by atoms with Gasteiger partial charge in [0.15, 0.2) is 12.4 Å². The molecule has 31 heavy (non-hydrogen) atoms. The van der Waals surface area contributed by atoms with E-state index >= 15 is 0 Å². The first-order chi connectivity index (χ1) is 15.1. The Hall–Kier alpha value is -4.07. The molecule has 0 aliphatic heterocycles. The number of nitrogen functional groups attached to an aromatic ring is 1. The summed E-state index contributed by atoms with van der Waals surface area (Å²) in [7, 11) is 0. The average Bonchev–Trinajstić information content (AvgIpc) is 2.77. The summed E-state index contributed by atoms with van der Waals surface area (Å²) in [6.07, 6.45) is 0.698. The van der Waals surface area contributed by atoms with Crippen LogP contribution in [-0.4, -0.2) is 25.9 Å². The number of nitrogens with one attached hydrogen (secondary N) is 1. The van der Waals surface area contributed by atoms with E-state index in [0.717, 1.165) is 27.8 Å². The Kier molecular flexibility index (Phi) is 5.98. The number of aryl methyl sites for hydroxylation is 2. The zero-order valence-electron chi connectivity index (χ0n) is 17.1. The molecule has 8 heteroatoms. The number of fused-ring (bicyclic) bond motifs is 1. The van der Waals surface area contributed by atoms with Crippen LogP contribution in [0.1, 0.15) is 23.5 Å². The maximum atomic E-state index is 12.2. The van der Waals surface area contributed by atoms with E-state index in [4.69, 9.17) is 10.5 Å². The normalized spacial score (nSPS) is 10.7. The van der Waals surface area contributed by atoms with Crippen molar-refractivity contribution >= 4 is 34.5 Å². The molecule has 2 aromatic heterocycles. The Morgan fingerprint density at radius 3 is 2.65 bits per heavy atom. The van der Waals surface area contributed by atoms with E-state index in [1.807, 2.05) is 67.6 Å². The summed E-state index contributed by atoms with van der Waals surface area (Å²) < 4.78 is 5.32. The van der Waals surface area contributed by atoms with Crippen LogP contribution in [-0.2, 0) is 22.6 Å². The van der Waals surface area contributed by atoms with E-state index in [2.05, 4.69) is 25.3 Å². The zero-order valence-corrected chi connectivity index (χ0v) is 17.1. The topological polar surface area (TPSA) is 116 Å². The Morgan fingerprint density at radius 1 is 0.968 bits per heavy atom. The number of para-hydroxylation sites is 2. The van der Waals surface area contributed by atoms with Gasteiger partial charge >= 0.3 is 5.97 Å². The van der Waals surface area contributed by atoms with E-state index < -0.39 is 0 Å². The smallest absolute Gasteiger partial charge is 0.306 e. The minimum Gasteiger partial charge on any atom is -0.457 e. The van der Waals surface area contributed by atoms with Crippen molar-refractivity contribution in [2.24, 2.45) is 0 Å². The first-order valence-corrected chi connectivity index (χ1v) is 9.90. The molecule has 0 unspecified atom stereocenters. The Labute approximate surface area is 179 Å². The lowest BCUT2D eigenvalue weighted by atomic mass is 10.1. The first kappa shape index (κ1) is 20.2. The van der Waals surface area contributed by atoms with Crippen LogP contribution < -0.4 is 11.1 Å². The summed E-state index contributed by atoms with van der Waals surface area (Å²) in [6, 6.07) is 19.5. The van der Waals surface area contributed by atoms with Gasteiger partial charge in [0.2, 0.25) is 11.9 Å². The average molecular weight is 414 g/mol. The zero-order chi connectivity index (χ0) is 21.6. The van der Waals surface area contributed by atoms with Crippen molar-refractivity contribution in [1.82, 2.24) is 19.9 Å². The van der Waals surface area contributed by atoms with Crippen molar-refractivity contribution in [2.75, 3.05) is 11.1 Å². The van der Waals surface area contributed by atoms with Crippen molar-refractivity contribution in [3.63, 3.8) is 0 Å². The van der Waals surface area contributed by atoms with Crippen molar-refractivity contribution in [3.8, 4) is 0 Å². The van der Waals surface area contributed by atoms with Crippen LogP contribution in [0.5, 0.6) is 0 Å². The largest absolute Gasteiger partial charge is 0.457 e. The van der Waals surface area contributed by atoms with Crippen LogP contribution in [0.3, 0.4) is 0 Å². The second-order valence-electron chi connectivity index (χ2n) is 7.03. The molecule has 4 rings (SSSR count). The number of esters is 1. The third-order valence-corrected chi connectivity index (χ3v) is 4.69. The summed E-state index contributed by atoms with van der Waals surface area (Å²) in [5.41, 5.74) is 9.43. The third kappa shape index (κ3) is 5.30. The number of hydrogen-bond donors (Lipinski definition) is 2. The van der Waals surface area contributed by atoms with Gasteiger partial charge in [-0.3, -0.25) is 9.78 Å². The molecule has 0 saturated carbocycles. The molecule has 0 radical (unpaired) electrons. The van der Waals surface area contributed by atoms with E-state index in [0.29, 0.717) is 12.4 Å². The monoisotopic (exact) mass is 414 g/mol. The summed E-state index contributed by atoms with van der Waals surface area (Å²) in [5.74, 6) is 0.272. The van der Waals surface area contributed by atoms with Gasteiger partial charge in [-0.1, -0.05) is 42.5 Å². The molecule has 4 aromatic rings. The Balaban J connectivity index is 1.34. The number of nitrogens with two attached hydrogens (primary N) is 1. The molecular weight excluding hydrogens is 392 g/mol. The fraction of sp³-hybridized carbons (Fsp3) is 0.174. The second kappa shape index (κ2) is 9.17. The molecule has 2 heterocycles. The first-order valence-electron chi connectivity index (χ1n) is 9.90. The minimum atomic E-state index is -0.359. The van der Waals surface area contributed by atoms with Gasteiger partial charge in [-0.25, -0.2) is 0 Å². The molecular formula is C23H22N6O2. The van der Waals surface area contributed by atoms with Gasteiger partial charge in [0, 0.05) is 23.2 Å². The number of nitrogens with zero attached hydrogens (tertiary/aromatic N) is 4. The number of ether oxygens (including phenoxy) is 1. The summed E-state index contributed by atoms with van der Waals surface area (Å²) >= 11 is 0. The van der Waals surface area contributed by atoms with E-state index in [9.17, 15) is 4.79 Å². The van der Waals surface area contributed by atoms with E-state index in [1.54, 1.807) is 0 Å². The lowest BCUT2D eigenvalue weighted by Crippen LogP contribution is -2.11. The molecule has 8 nitrogen and oxygen atoms in total. The number of carbonyl (C=O) groups excluding carboxylic acids is 1. The van der Waals surface area contributed by atoms with Crippen molar-refractivity contribution < 1.29 is 9.53 Å². The molecule has 0 amide bonds. The van der Waals surface area contributed by atoms with Crippen LogP contribution >= 0.6 is 0 Å². The standard InChI is InChI=1S/C23H22N6O2/c1-15-6-2-4-8-18(15)26-23-28-20(27-22(24)29-23)14-31-21(30)13-12-17-11-10-16-7-3-5-9-19(16)25-17/h2-11H,12-14H2,1H3,(H3,24,26,27,28,29). The van der Waals surface area contributed by atoms with Crippen LogP contribution in [0.15, 0.2) is 60.7 Å². The highest BCUT2D eigenvalue weighted by molar-refractivity contribution is 5.78. The molecule has 156 valence electrons. The van der Waals surface area contributed by atoms with Gasteiger partial charge in [-0.15, -0.1) is 0 Å². The number of hydrogen-bond acceptors (Lipinski definition) is 8. The molecule has 0 aliphatic carbocycles. The van der Waals surface area contributed by atoms with Crippen LogP contribution in [0.25, 0.3) is 10.9 Å². The Morgan fingerprint density at radius 2 is 1.77 bits per heavy atom. The summed E-state index contributed by atoms with van der Waals surface area (Å²) in [6.45, 7) is 1.89. The summed E-state index contributed by atoms with van der Waals surface area (Å²) in [5, 5.41) is 4.18. The fourth-order valence-electron chi connectivity index (χ4n) is 3.09. The number of anilines is 3. The number of carbonyl (C=O) groups is 1. The number of aromatic nitrogens is 4. The highest BCUT2D eigenvalue weighted by atomic mass is 16.5. The molecule has 0 atom stereocenters. The van der Waals surface area contributed by atoms with E-state index in [-0.39, 0.29) is 30.8 Å². The van der Waals surface area contributed by atoms with Crippen molar-refractivity contribution in [3.05, 3.63) is 77.7 Å². The highest BCUT2D eigenvalue weighted by Gasteiger charge is 2.10. The molecule has 0 spiro atoms. The van der Waals surface area contributed by atoms with Crippen molar-refractivity contribution in [1.29, 1.82) is 0 Å². The SMILES string of the molecule is Cc1ccccc1Nc1nc(N)nc(COC(=O)CCc2ccc3ccccc3n2)n1. The Bertz CT molecular complexity index is 1230. The number of rotatable bonds is 7. The maximum Gasteiger partial charge on any atom is 0.306 e. The van der Waals surface area contributed by atoms with Gasteiger partial charge in [0.05, 0.1) is 11.9 Å². The molecule has 0 saturated heterocycles. The van der Waals surface area contributed by atoms with Crippen LogP contribution in [0.4, 0.5) is 17.6 Å². The number of pyridine rings is 1. The van der Waals surface area contributed by atoms with Gasteiger partial charge in [0.25, 0.3) is 0 Å². The summed E-state index contributed by atoms with van der Waals surface area (Å²) in [4.78, 5) is 29.2. The predicted molar refractivity (Wildman–Crippen MR) is 119 cm³/mol. The minimum absolute atomic E-state index is 0.0532. The number of benzene rings is 2. The van der Waals surface area contributed by atoms with Gasteiger partial charge in [-0.2, -0.15) is 15.0 Å². The molecule has 3 N–H and O–H groups in total. The van der Waals surface area contributed by atoms with Gasteiger partial charge < -0.3 is 15.8 Å². The maximum absolute atomic E-state index is 12.2.